The fraction of sp³-hybridized carbons (Fsp3) is 0.143. The summed E-state index contributed by atoms with van der Waals surface area (Å²) in [6.07, 6.45) is 0. The van der Waals surface area contributed by atoms with Crippen LogP contribution in [-0.4, -0.2) is 0 Å². The van der Waals surface area contributed by atoms with Crippen LogP contribution in [0.1, 0.15) is 5.56 Å². The van der Waals surface area contributed by atoms with Gasteiger partial charge < -0.3 is 0 Å². The summed E-state index contributed by atoms with van der Waals surface area (Å²) in [5, 5.41) is 0.846. The molecular weight excluding hydrogens is 254 g/mol. The summed E-state index contributed by atoms with van der Waals surface area (Å²) in [5.74, 6) is -0.485. The highest BCUT2D eigenvalue weighted by Crippen LogP contribution is 2.29. The van der Waals surface area contributed by atoms with Crippen LogP contribution in [0.2, 0.25) is 10.0 Å². The summed E-state index contributed by atoms with van der Waals surface area (Å²) < 4.78 is 12.7. The molecule has 0 heterocycles. The van der Waals surface area contributed by atoms with E-state index in [-0.39, 0.29) is 10.0 Å². The summed E-state index contributed by atoms with van der Waals surface area (Å²) >= 11 is 14.4. The second-order valence-electron chi connectivity index (χ2n) is 1.97. The fourth-order valence-corrected chi connectivity index (χ4v) is 1.70. The van der Waals surface area contributed by atoms with Gasteiger partial charge in [-0.3, -0.25) is 0 Å². The van der Waals surface area contributed by atoms with Gasteiger partial charge in [-0.15, -0.1) is 0 Å². The second kappa shape index (κ2) is 3.74. The number of benzene rings is 1. The van der Waals surface area contributed by atoms with Gasteiger partial charge in [0.1, 0.15) is 5.82 Å². The molecule has 0 amide bonds. The van der Waals surface area contributed by atoms with Crippen molar-refractivity contribution in [2.75, 3.05) is 0 Å². The molecule has 4 heteroatoms. The Morgan fingerprint density at radius 1 is 1.27 bits per heavy atom. The van der Waals surface area contributed by atoms with E-state index in [4.69, 9.17) is 23.2 Å². The van der Waals surface area contributed by atoms with E-state index < -0.39 is 5.82 Å². The first-order chi connectivity index (χ1) is 5.16. The molecule has 1 rings (SSSR count). The van der Waals surface area contributed by atoms with Crippen molar-refractivity contribution < 1.29 is 4.39 Å². The molecule has 0 nitrogen and oxygen atoms in total. The van der Waals surface area contributed by atoms with Crippen molar-refractivity contribution in [1.29, 1.82) is 0 Å². The van der Waals surface area contributed by atoms with Crippen molar-refractivity contribution in [3.8, 4) is 0 Å². The molecule has 0 aliphatic heterocycles. The van der Waals surface area contributed by atoms with Crippen LogP contribution in [0.25, 0.3) is 0 Å². The SMILES string of the molecule is Fc1ccc(CBr)c(Cl)c1Cl. The highest BCUT2D eigenvalue weighted by Gasteiger charge is 2.07. The Hall–Kier alpha value is 0.210. The largest absolute Gasteiger partial charge is 0.205 e. The number of rotatable bonds is 1. The molecule has 0 atom stereocenters. The zero-order chi connectivity index (χ0) is 8.43. The molecule has 0 fully saturated rings. The van der Waals surface area contributed by atoms with Gasteiger partial charge in [-0.1, -0.05) is 45.2 Å². The van der Waals surface area contributed by atoms with Gasteiger partial charge in [0.15, 0.2) is 0 Å². The third-order valence-electron chi connectivity index (χ3n) is 1.26. The average molecular weight is 258 g/mol. The van der Waals surface area contributed by atoms with Crippen molar-refractivity contribution in [3.05, 3.63) is 33.6 Å². The molecule has 0 aliphatic rings. The minimum Gasteiger partial charge on any atom is -0.205 e. The lowest BCUT2D eigenvalue weighted by Crippen LogP contribution is -1.84. The van der Waals surface area contributed by atoms with Crippen LogP contribution in [0.5, 0.6) is 0 Å². The average Bonchev–Trinajstić information content (AvgIpc) is 2.01. The third kappa shape index (κ3) is 1.86. The van der Waals surface area contributed by atoms with Crippen molar-refractivity contribution in [1.82, 2.24) is 0 Å². The number of alkyl halides is 1. The van der Waals surface area contributed by atoms with E-state index in [2.05, 4.69) is 15.9 Å². The lowest BCUT2D eigenvalue weighted by Gasteiger charge is -2.01. The minimum absolute atomic E-state index is 0.0105. The Morgan fingerprint density at radius 3 is 2.45 bits per heavy atom. The van der Waals surface area contributed by atoms with Gasteiger partial charge in [0.05, 0.1) is 10.0 Å². The molecule has 0 spiro atoms. The molecule has 11 heavy (non-hydrogen) atoms. The van der Waals surface area contributed by atoms with Crippen LogP contribution in [-0.2, 0) is 5.33 Å². The maximum atomic E-state index is 12.7. The first-order valence-corrected chi connectivity index (χ1v) is 4.73. The Labute approximate surface area is 82.4 Å². The molecule has 60 valence electrons. The molecular formula is C7H4BrCl2F. The zero-order valence-corrected chi connectivity index (χ0v) is 8.47. The van der Waals surface area contributed by atoms with E-state index in [0.29, 0.717) is 5.33 Å². The first kappa shape index (κ1) is 9.30. The molecule has 0 radical (unpaired) electrons. The molecule has 0 N–H and O–H groups in total. The van der Waals surface area contributed by atoms with Crippen LogP contribution in [0.3, 0.4) is 0 Å². The summed E-state index contributed by atoms with van der Waals surface area (Å²) in [4.78, 5) is 0. The van der Waals surface area contributed by atoms with Crippen LogP contribution in [0, 0.1) is 5.82 Å². The summed E-state index contributed by atoms with van der Waals surface area (Å²) in [6, 6.07) is 2.89. The van der Waals surface area contributed by atoms with Crippen LogP contribution in [0.4, 0.5) is 4.39 Å². The lowest BCUT2D eigenvalue weighted by atomic mass is 10.2. The number of hydrogen-bond donors (Lipinski definition) is 0. The van der Waals surface area contributed by atoms with Gasteiger partial charge in [0.2, 0.25) is 0 Å². The summed E-state index contributed by atoms with van der Waals surface area (Å²) in [5.41, 5.74) is 0.790. The topological polar surface area (TPSA) is 0 Å². The summed E-state index contributed by atoms with van der Waals surface area (Å²) in [6.45, 7) is 0. The maximum Gasteiger partial charge on any atom is 0.143 e. The van der Waals surface area contributed by atoms with Crippen molar-refractivity contribution >= 4 is 39.1 Å². The molecule has 1 aromatic carbocycles. The predicted molar refractivity (Wildman–Crippen MR) is 49.1 cm³/mol. The zero-order valence-electron chi connectivity index (χ0n) is 5.37. The van der Waals surface area contributed by atoms with Crippen LogP contribution < -0.4 is 0 Å². The van der Waals surface area contributed by atoms with Crippen LogP contribution in [0.15, 0.2) is 12.1 Å². The third-order valence-corrected chi connectivity index (χ3v) is 2.76. The first-order valence-electron chi connectivity index (χ1n) is 2.85. The maximum absolute atomic E-state index is 12.7. The van der Waals surface area contributed by atoms with Gasteiger partial charge in [-0.2, -0.15) is 0 Å². The van der Waals surface area contributed by atoms with Gasteiger partial charge in [-0.05, 0) is 11.6 Å². The molecule has 0 unspecified atom stereocenters. The van der Waals surface area contributed by atoms with E-state index in [0.717, 1.165) is 5.56 Å². The molecule has 1 aromatic rings. The normalized spacial score (nSPS) is 10.2. The Balaban J connectivity index is 3.25. The van der Waals surface area contributed by atoms with Gasteiger partial charge in [0.25, 0.3) is 0 Å². The highest BCUT2D eigenvalue weighted by molar-refractivity contribution is 9.08. The Morgan fingerprint density at radius 2 is 1.91 bits per heavy atom. The van der Waals surface area contributed by atoms with E-state index >= 15 is 0 Å². The van der Waals surface area contributed by atoms with E-state index in [9.17, 15) is 4.39 Å². The van der Waals surface area contributed by atoms with Gasteiger partial charge >= 0.3 is 0 Å². The monoisotopic (exact) mass is 256 g/mol. The van der Waals surface area contributed by atoms with Gasteiger partial charge in [-0.25, -0.2) is 4.39 Å². The van der Waals surface area contributed by atoms with E-state index in [1.54, 1.807) is 6.07 Å². The standard InChI is InChI=1S/C7H4BrCl2F/c8-3-4-1-2-5(11)7(10)6(4)9/h1-2H,3H2. The van der Waals surface area contributed by atoms with E-state index in [1.807, 2.05) is 0 Å². The summed E-state index contributed by atoms with van der Waals surface area (Å²) in [7, 11) is 0. The molecule has 0 aromatic heterocycles. The number of hydrogen-bond acceptors (Lipinski definition) is 0. The molecule has 0 bridgehead atoms. The molecule has 0 saturated heterocycles. The van der Waals surface area contributed by atoms with Crippen molar-refractivity contribution in [2.45, 2.75) is 5.33 Å². The number of halogens is 4. The van der Waals surface area contributed by atoms with Gasteiger partial charge in [0, 0.05) is 5.33 Å². The highest BCUT2D eigenvalue weighted by atomic mass is 79.9. The smallest absolute Gasteiger partial charge is 0.143 e. The quantitative estimate of drug-likeness (QED) is 0.527. The molecule has 0 aliphatic carbocycles. The minimum atomic E-state index is -0.485. The second-order valence-corrected chi connectivity index (χ2v) is 3.28. The Kier molecular flexibility index (Phi) is 3.16. The predicted octanol–water partition coefficient (Wildman–Crippen LogP) is 4.03. The lowest BCUT2D eigenvalue weighted by molar-refractivity contribution is 0.628. The van der Waals surface area contributed by atoms with Crippen LogP contribution >= 0.6 is 39.1 Å². The van der Waals surface area contributed by atoms with E-state index in [1.165, 1.54) is 6.07 Å². The molecule has 0 saturated carbocycles. The van der Waals surface area contributed by atoms with Crippen molar-refractivity contribution in [2.24, 2.45) is 0 Å². The van der Waals surface area contributed by atoms with Crippen molar-refractivity contribution in [3.63, 3.8) is 0 Å². The Bertz CT molecular complexity index is 275. The fourth-order valence-electron chi connectivity index (χ4n) is 0.669.